The summed E-state index contributed by atoms with van der Waals surface area (Å²) in [7, 11) is 1.33. The molecule has 0 radical (unpaired) electrons. The Bertz CT molecular complexity index is 801. The summed E-state index contributed by atoms with van der Waals surface area (Å²) in [5.41, 5.74) is 1.94. The van der Waals surface area contributed by atoms with Gasteiger partial charge in [-0.15, -0.1) is 0 Å². The smallest absolute Gasteiger partial charge is 0.339 e. The molecule has 7 heteroatoms. The van der Waals surface area contributed by atoms with Crippen LogP contribution in [0.15, 0.2) is 30.3 Å². The number of ether oxygens (including phenoxy) is 1. The van der Waals surface area contributed by atoms with E-state index in [1.165, 1.54) is 7.11 Å². The standard InChI is InChI=1S/C18H20N4O3/c1-12-11-15(16(23)22-9-5-6-10-22)21-18(19-12)20-14-8-4-3-7-13(14)17(24)25-2/h3-4,7-8,11H,5-6,9-10H2,1-2H3,(H,19,20,21). The Morgan fingerprint density at radius 1 is 1.16 bits per heavy atom. The maximum Gasteiger partial charge on any atom is 0.339 e. The first-order chi connectivity index (χ1) is 12.1. The number of hydrogen-bond acceptors (Lipinski definition) is 6. The lowest BCUT2D eigenvalue weighted by atomic mass is 10.2. The van der Waals surface area contributed by atoms with E-state index in [0.29, 0.717) is 22.6 Å². The molecule has 1 aromatic heterocycles. The second-order valence-corrected chi connectivity index (χ2v) is 5.88. The summed E-state index contributed by atoms with van der Waals surface area (Å²) in [6, 6.07) is 8.61. The number of esters is 1. The number of nitrogens with one attached hydrogen (secondary N) is 1. The maximum absolute atomic E-state index is 12.6. The summed E-state index contributed by atoms with van der Waals surface area (Å²) in [5, 5.41) is 3.02. The van der Waals surface area contributed by atoms with Crippen LogP contribution in [0.3, 0.4) is 0 Å². The fraction of sp³-hybridized carbons (Fsp3) is 0.333. The zero-order valence-corrected chi connectivity index (χ0v) is 14.3. The van der Waals surface area contributed by atoms with Crippen molar-refractivity contribution in [3.05, 3.63) is 47.3 Å². The highest BCUT2D eigenvalue weighted by molar-refractivity contribution is 5.96. The number of nitrogens with zero attached hydrogens (tertiary/aromatic N) is 3. The number of likely N-dealkylation sites (tertiary alicyclic amines) is 1. The molecule has 1 saturated heterocycles. The molecule has 0 bridgehead atoms. The van der Waals surface area contributed by atoms with Crippen molar-refractivity contribution in [1.82, 2.24) is 14.9 Å². The minimum Gasteiger partial charge on any atom is -0.465 e. The number of carbonyl (C=O) groups excluding carboxylic acids is 2. The summed E-state index contributed by atoms with van der Waals surface area (Å²) in [4.78, 5) is 34.9. The van der Waals surface area contributed by atoms with Gasteiger partial charge in [-0.2, -0.15) is 0 Å². The SMILES string of the molecule is COC(=O)c1ccccc1Nc1nc(C)cc(C(=O)N2CCCC2)n1. The first kappa shape index (κ1) is 16.9. The highest BCUT2D eigenvalue weighted by atomic mass is 16.5. The van der Waals surface area contributed by atoms with Crippen molar-refractivity contribution in [1.29, 1.82) is 0 Å². The number of anilines is 2. The number of carbonyl (C=O) groups is 2. The van der Waals surface area contributed by atoms with Crippen LogP contribution in [-0.2, 0) is 4.74 Å². The van der Waals surface area contributed by atoms with Crippen molar-refractivity contribution < 1.29 is 14.3 Å². The molecule has 3 rings (SSSR count). The third-order valence-corrected chi connectivity index (χ3v) is 4.05. The summed E-state index contributed by atoms with van der Waals surface area (Å²) in [5.74, 6) is -0.268. The summed E-state index contributed by atoms with van der Waals surface area (Å²) in [6.07, 6.45) is 2.04. The van der Waals surface area contributed by atoms with E-state index in [-0.39, 0.29) is 11.9 Å². The van der Waals surface area contributed by atoms with Gasteiger partial charge in [-0.05, 0) is 38.0 Å². The van der Waals surface area contributed by atoms with Gasteiger partial charge in [0.25, 0.3) is 5.91 Å². The number of methoxy groups -OCH3 is 1. The van der Waals surface area contributed by atoms with Crippen LogP contribution in [0, 0.1) is 6.92 Å². The van der Waals surface area contributed by atoms with Crippen LogP contribution in [0.25, 0.3) is 0 Å². The second kappa shape index (κ2) is 7.29. The molecule has 130 valence electrons. The van der Waals surface area contributed by atoms with E-state index in [1.807, 2.05) is 0 Å². The zero-order chi connectivity index (χ0) is 17.8. The van der Waals surface area contributed by atoms with Crippen molar-refractivity contribution in [2.45, 2.75) is 19.8 Å². The number of hydrogen-bond donors (Lipinski definition) is 1. The molecular formula is C18H20N4O3. The minimum absolute atomic E-state index is 0.0905. The predicted octanol–water partition coefficient (Wildman–Crippen LogP) is 2.55. The van der Waals surface area contributed by atoms with Gasteiger partial charge in [0.1, 0.15) is 5.69 Å². The Labute approximate surface area is 146 Å². The van der Waals surface area contributed by atoms with Crippen molar-refractivity contribution >= 4 is 23.5 Å². The van der Waals surface area contributed by atoms with Gasteiger partial charge in [-0.1, -0.05) is 12.1 Å². The summed E-state index contributed by atoms with van der Waals surface area (Å²) in [6.45, 7) is 3.32. The van der Waals surface area contributed by atoms with Crippen LogP contribution in [-0.4, -0.2) is 46.9 Å². The largest absolute Gasteiger partial charge is 0.465 e. The highest BCUT2D eigenvalue weighted by Gasteiger charge is 2.22. The predicted molar refractivity (Wildman–Crippen MR) is 93.0 cm³/mol. The molecule has 2 heterocycles. The van der Waals surface area contributed by atoms with Crippen LogP contribution in [0.5, 0.6) is 0 Å². The number of benzene rings is 1. The molecule has 1 aliphatic rings. The van der Waals surface area contributed by atoms with E-state index < -0.39 is 5.97 Å². The Morgan fingerprint density at radius 2 is 1.88 bits per heavy atom. The molecule has 0 atom stereocenters. The van der Waals surface area contributed by atoms with Crippen molar-refractivity contribution in [2.24, 2.45) is 0 Å². The average molecular weight is 340 g/mol. The van der Waals surface area contributed by atoms with Crippen LogP contribution < -0.4 is 5.32 Å². The normalized spacial score (nSPS) is 13.6. The molecule has 0 aliphatic carbocycles. The van der Waals surface area contributed by atoms with Crippen LogP contribution in [0.2, 0.25) is 0 Å². The zero-order valence-electron chi connectivity index (χ0n) is 14.3. The van der Waals surface area contributed by atoms with Gasteiger partial charge in [0.2, 0.25) is 5.95 Å². The minimum atomic E-state index is -0.455. The number of aryl methyl sites for hydroxylation is 1. The Kier molecular flexibility index (Phi) is 4.92. The van der Waals surface area contributed by atoms with E-state index >= 15 is 0 Å². The highest BCUT2D eigenvalue weighted by Crippen LogP contribution is 2.20. The second-order valence-electron chi connectivity index (χ2n) is 5.88. The molecule has 0 saturated carbocycles. The lowest BCUT2D eigenvalue weighted by Gasteiger charge is -2.16. The first-order valence-electron chi connectivity index (χ1n) is 8.18. The van der Waals surface area contributed by atoms with Gasteiger partial charge in [0.15, 0.2) is 0 Å². The third kappa shape index (κ3) is 3.76. The fourth-order valence-corrected chi connectivity index (χ4v) is 2.82. The summed E-state index contributed by atoms with van der Waals surface area (Å²) < 4.78 is 4.79. The molecule has 25 heavy (non-hydrogen) atoms. The van der Waals surface area contributed by atoms with E-state index in [2.05, 4.69) is 15.3 Å². The fourth-order valence-electron chi connectivity index (χ4n) is 2.82. The maximum atomic E-state index is 12.6. The quantitative estimate of drug-likeness (QED) is 0.861. The van der Waals surface area contributed by atoms with E-state index in [4.69, 9.17) is 4.74 Å². The first-order valence-corrected chi connectivity index (χ1v) is 8.18. The molecule has 2 aromatic rings. The average Bonchev–Trinajstić information content (AvgIpc) is 3.15. The van der Waals surface area contributed by atoms with Crippen LogP contribution in [0.4, 0.5) is 11.6 Å². The molecule has 1 aliphatic heterocycles. The van der Waals surface area contributed by atoms with Gasteiger partial charge >= 0.3 is 5.97 Å². The van der Waals surface area contributed by atoms with Gasteiger partial charge in [0, 0.05) is 18.8 Å². The molecule has 1 aromatic carbocycles. The van der Waals surface area contributed by atoms with E-state index in [1.54, 1.807) is 42.2 Å². The lowest BCUT2D eigenvalue weighted by Crippen LogP contribution is -2.28. The van der Waals surface area contributed by atoms with Gasteiger partial charge < -0.3 is 15.0 Å². The molecule has 1 N–H and O–H groups in total. The topological polar surface area (TPSA) is 84.4 Å². The lowest BCUT2D eigenvalue weighted by molar-refractivity contribution is 0.0601. The molecular weight excluding hydrogens is 320 g/mol. The number of rotatable bonds is 4. The van der Waals surface area contributed by atoms with Gasteiger partial charge in [-0.25, -0.2) is 14.8 Å². The van der Waals surface area contributed by atoms with Crippen molar-refractivity contribution in [2.75, 3.05) is 25.5 Å². The van der Waals surface area contributed by atoms with E-state index in [0.717, 1.165) is 25.9 Å². The third-order valence-electron chi connectivity index (χ3n) is 4.05. The molecule has 1 amide bonds. The molecule has 0 spiro atoms. The molecule has 7 nitrogen and oxygen atoms in total. The van der Waals surface area contributed by atoms with Crippen molar-refractivity contribution in [3.63, 3.8) is 0 Å². The monoisotopic (exact) mass is 340 g/mol. The van der Waals surface area contributed by atoms with Crippen LogP contribution >= 0.6 is 0 Å². The Morgan fingerprint density at radius 3 is 2.60 bits per heavy atom. The van der Waals surface area contributed by atoms with Gasteiger partial charge in [0.05, 0.1) is 18.4 Å². The Hall–Kier alpha value is -2.96. The number of amides is 1. The van der Waals surface area contributed by atoms with E-state index in [9.17, 15) is 9.59 Å². The molecule has 0 unspecified atom stereocenters. The molecule has 1 fully saturated rings. The Balaban J connectivity index is 1.89. The number of aromatic nitrogens is 2. The van der Waals surface area contributed by atoms with Crippen LogP contribution in [0.1, 0.15) is 39.4 Å². The van der Waals surface area contributed by atoms with Gasteiger partial charge in [-0.3, -0.25) is 4.79 Å². The number of para-hydroxylation sites is 1. The summed E-state index contributed by atoms with van der Waals surface area (Å²) >= 11 is 0. The van der Waals surface area contributed by atoms with Crippen molar-refractivity contribution in [3.8, 4) is 0 Å².